The molecule has 0 aliphatic heterocycles. The fourth-order valence-corrected chi connectivity index (χ4v) is 2.65. The second-order valence-electron chi connectivity index (χ2n) is 6.50. The zero-order chi connectivity index (χ0) is 17.8. The van der Waals surface area contributed by atoms with E-state index in [0.717, 1.165) is 29.7 Å². The van der Waals surface area contributed by atoms with E-state index in [1.54, 1.807) is 18.2 Å². The van der Waals surface area contributed by atoms with E-state index in [1.165, 1.54) is 0 Å². The van der Waals surface area contributed by atoms with Gasteiger partial charge in [0.15, 0.2) is 6.61 Å². The molecule has 0 aromatic heterocycles. The minimum absolute atomic E-state index is 0.0460. The van der Waals surface area contributed by atoms with Gasteiger partial charge in [-0.25, -0.2) is 0 Å². The van der Waals surface area contributed by atoms with Gasteiger partial charge >= 0.3 is 0 Å². The fraction of sp³-hybridized carbons (Fsp3) is 0.300. The number of rotatable bonds is 6. The van der Waals surface area contributed by atoms with Gasteiger partial charge in [0.1, 0.15) is 5.75 Å². The number of carbonyl (C=O) groups excluding carboxylic acids is 2. The SMILES string of the molecule is Cc1cc(C)cc(NC(=O)COc2cccc(NC(=O)C3CC3)c2)c1. The predicted molar refractivity (Wildman–Crippen MR) is 97.8 cm³/mol. The fourth-order valence-electron chi connectivity index (χ4n) is 2.65. The average molecular weight is 338 g/mol. The molecule has 3 rings (SSSR count). The second kappa shape index (κ2) is 7.38. The Kier molecular flexibility index (Phi) is 5.03. The van der Waals surface area contributed by atoms with Gasteiger partial charge in [0, 0.05) is 23.4 Å². The molecule has 1 aliphatic carbocycles. The molecule has 1 aliphatic rings. The summed E-state index contributed by atoms with van der Waals surface area (Å²) in [6.07, 6.45) is 1.92. The number of aryl methyl sites for hydroxylation is 2. The van der Waals surface area contributed by atoms with Crippen LogP contribution in [0.25, 0.3) is 0 Å². The summed E-state index contributed by atoms with van der Waals surface area (Å²) in [5.74, 6) is 0.513. The van der Waals surface area contributed by atoms with E-state index >= 15 is 0 Å². The monoisotopic (exact) mass is 338 g/mol. The van der Waals surface area contributed by atoms with Crippen molar-refractivity contribution < 1.29 is 14.3 Å². The number of benzene rings is 2. The van der Waals surface area contributed by atoms with Gasteiger partial charge in [0.2, 0.25) is 5.91 Å². The lowest BCUT2D eigenvalue weighted by molar-refractivity contribution is -0.118. The third-order valence-corrected chi connectivity index (χ3v) is 3.93. The van der Waals surface area contributed by atoms with Gasteiger partial charge in [0.05, 0.1) is 0 Å². The maximum absolute atomic E-state index is 12.1. The highest BCUT2D eigenvalue weighted by Gasteiger charge is 2.29. The second-order valence-corrected chi connectivity index (χ2v) is 6.50. The largest absolute Gasteiger partial charge is 0.484 e. The highest BCUT2D eigenvalue weighted by atomic mass is 16.5. The number of nitrogens with one attached hydrogen (secondary N) is 2. The maximum atomic E-state index is 12.1. The van der Waals surface area contributed by atoms with Crippen LogP contribution in [0.1, 0.15) is 24.0 Å². The first-order valence-electron chi connectivity index (χ1n) is 8.41. The number of ether oxygens (including phenoxy) is 1. The minimum Gasteiger partial charge on any atom is -0.484 e. The van der Waals surface area contributed by atoms with Gasteiger partial charge < -0.3 is 15.4 Å². The van der Waals surface area contributed by atoms with Crippen LogP contribution in [0.3, 0.4) is 0 Å². The van der Waals surface area contributed by atoms with E-state index in [1.807, 2.05) is 38.1 Å². The molecule has 0 bridgehead atoms. The van der Waals surface area contributed by atoms with Crippen LogP contribution in [0.15, 0.2) is 42.5 Å². The molecule has 5 nitrogen and oxygen atoms in total. The first-order chi connectivity index (χ1) is 12.0. The molecule has 0 saturated heterocycles. The third kappa shape index (κ3) is 5.08. The molecule has 0 heterocycles. The van der Waals surface area contributed by atoms with Crippen LogP contribution in [-0.2, 0) is 9.59 Å². The lowest BCUT2D eigenvalue weighted by Gasteiger charge is -2.10. The summed E-state index contributed by atoms with van der Waals surface area (Å²) in [5.41, 5.74) is 3.63. The van der Waals surface area contributed by atoms with Crippen molar-refractivity contribution in [1.29, 1.82) is 0 Å². The highest BCUT2D eigenvalue weighted by Crippen LogP contribution is 2.30. The number of hydrogen-bond donors (Lipinski definition) is 2. The number of amides is 2. The zero-order valence-electron chi connectivity index (χ0n) is 14.5. The molecular formula is C20H22N2O3. The molecule has 2 amide bonds. The van der Waals surface area contributed by atoms with Crippen molar-refractivity contribution >= 4 is 23.2 Å². The van der Waals surface area contributed by atoms with Crippen LogP contribution in [0.4, 0.5) is 11.4 Å². The quantitative estimate of drug-likeness (QED) is 0.844. The maximum Gasteiger partial charge on any atom is 0.262 e. The Labute approximate surface area is 147 Å². The van der Waals surface area contributed by atoms with Gasteiger partial charge in [0.25, 0.3) is 5.91 Å². The lowest BCUT2D eigenvalue weighted by Crippen LogP contribution is -2.20. The van der Waals surface area contributed by atoms with E-state index in [2.05, 4.69) is 10.6 Å². The number of anilines is 2. The summed E-state index contributed by atoms with van der Waals surface area (Å²) in [4.78, 5) is 23.9. The smallest absolute Gasteiger partial charge is 0.262 e. The first kappa shape index (κ1) is 17.0. The molecule has 2 N–H and O–H groups in total. The molecule has 2 aromatic rings. The van der Waals surface area contributed by atoms with Crippen LogP contribution >= 0.6 is 0 Å². The van der Waals surface area contributed by atoms with E-state index in [4.69, 9.17) is 4.74 Å². The lowest BCUT2D eigenvalue weighted by atomic mass is 10.1. The third-order valence-electron chi connectivity index (χ3n) is 3.93. The minimum atomic E-state index is -0.225. The summed E-state index contributed by atoms with van der Waals surface area (Å²) in [5, 5.41) is 5.69. The molecule has 1 fully saturated rings. The van der Waals surface area contributed by atoms with Gasteiger partial charge in [-0.05, 0) is 62.1 Å². The van der Waals surface area contributed by atoms with Crippen molar-refractivity contribution in [2.75, 3.05) is 17.2 Å². The van der Waals surface area contributed by atoms with Gasteiger partial charge in [-0.1, -0.05) is 12.1 Å². The van der Waals surface area contributed by atoms with Crippen LogP contribution in [-0.4, -0.2) is 18.4 Å². The molecule has 1 saturated carbocycles. The Morgan fingerprint density at radius 3 is 2.40 bits per heavy atom. The molecule has 130 valence electrons. The zero-order valence-corrected chi connectivity index (χ0v) is 14.5. The van der Waals surface area contributed by atoms with Crippen LogP contribution in [0.5, 0.6) is 5.75 Å². The predicted octanol–water partition coefficient (Wildman–Crippen LogP) is 3.67. The molecule has 5 heteroatoms. The molecule has 0 radical (unpaired) electrons. The van der Waals surface area contributed by atoms with Crippen molar-refractivity contribution in [3.05, 3.63) is 53.6 Å². The van der Waals surface area contributed by atoms with Crippen molar-refractivity contribution in [2.24, 2.45) is 5.92 Å². The van der Waals surface area contributed by atoms with Gasteiger partial charge in [-0.2, -0.15) is 0 Å². The molecule has 0 unspecified atom stereocenters. The Hall–Kier alpha value is -2.82. The molecule has 25 heavy (non-hydrogen) atoms. The molecular weight excluding hydrogens is 316 g/mol. The van der Waals surface area contributed by atoms with Crippen LogP contribution in [0.2, 0.25) is 0 Å². The Morgan fingerprint density at radius 2 is 1.72 bits per heavy atom. The standard InChI is InChI=1S/C20H22N2O3/c1-13-8-14(2)10-17(9-13)21-19(23)12-25-18-5-3-4-16(11-18)22-20(24)15-6-7-15/h3-5,8-11,15H,6-7,12H2,1-2H3,(H,21,23)(H,22,24). The van der Waals surface area contributed by atoms with Gasteiger partial charge in [-0.15, -0.1) is 0 Å². The summed E-state index contributed by atoms with van der Waals surface area (Å²) < 4.78 is 5.54. The molecule has 0 spiro atoms. The Morgan fingerprint density at radius 1 is 1.00 bits per heavy atom. The Bertz CT molecular complexity index is 777. The molecule has 2 aromatic carbocycles. The Balaban J connectivity index is 1.53. The summed E-state index contributed by atoms with van der Waals surface area (Å²) in [7, 11) is 0. The van der Waals surface area contributed by atoms with Crippen LogP contribution < -0.4 is 15.4 Å². The topological polar surface area (TPSA) is 67.4 Å². The van der Waals surface area contributed by atoms with Crippen LogP contribution in [0, 0.1) is 19.8 Å². The van der Waals surface area contributed by atoms with Gasteiger partial charge in [-0.3, -0.25) is 9.59 Å². The summed E-state index contributed by atoms with van der Waals surface area (Å²) >= 11 is 0. The first-order valence-corrected chi connectivity index (χ1v) is 8.41. The normalized spacial score (nSPS) is 13.2. The number of carbonyl (C=O) groups is 2. The number of hydrogen-bond acceptors (Lipinski definition) is 3. The van der Waals surface area contributed by atoms with E-state index in [0.29, 0.717) is 11.4 Å². The van der Waals surface area contributed by atoms with Crippen molar-refractivity contribution in [1.82, 2.24) is 0 Å². The summed E-state index contributed by atoms with van der Waals surface area (Å²) in [6.45, 7) is 3.88. The van der Waals surface area contributed by atoms with E-state index in [9.17, 15) is 9.59 Å². The van der Waals surface area contributed by atoms with E-state index in [-0.39, 0.29) is 24.3 Å². The van der Waals surface area contributed by atoms with E-state index < -0.39 is 0 Å². The van der Waals surface area contributed by atoms with Crippen molar-refractivity contribution in [3.8, 4) is 5.75 Å². The summed E-state index contributed by atoms with van der Waals surface area (Å²) in [6, 6.07) is 13.0. The van der Waals surface area contributed by atoms with Crippen molar-refractivity contribution in [3.63, 3.8) is 0 Å². The average Bonchev–Trinajstić information content (AvgIpc) is 3.37. The highest BCUT2D eigenvalue weighted by molar-refractivity contribution is 5.94. The van der Waals surface area contributed by atoms with Crippen molar-refractivity contribution in [2.45, 2.75) is 26.7 Å². The molecule has 0 atom stereocenters.